The number of carbonyl (C=O) groups is 2. The molecule has 4 rings (SSSR count). The van der Waals surface area contributed by atoms with E-state index in [0.29, 0.717) is 35.8 Å². The number of aryl methyl sites for hydroxylation is 1. The SMILES string of the molecule is CCS(=O)(=O)N1CC(NC(=O)Nc2cc(C(=O)N3CCC(c4ccc(C#N)cc4)CC3)ccc2C)C1. The fraction of sp³-hybridized carbons (Fsp3) is 0.423. The molecule has 2 heterocycles. The van der Waals surface area contributed by atoms with Crippen molar-refractivity contribution in [3.05, 3.63) is 64.7 Å². The average molecular weight is 510 g/mol. The number of amides is 3. The normalized spacial score (nSPS) is 17.2. The van der Waals surface area contributed by atoms with Crippen LogP contribution in [-0.2, 0) is 10.0 Å². The van der Waals surface area contributed by atoms with Gasteiger partial charge in [0.15, 0.2) is 0 Å². The minimum Gasteiger partial charge on any atom is -0.339 e. The van der Waals surface area contributed by atoms with Crippen molar-refractivity contribution in [2.75, 3.05) is 37.2 Å². The Kier molecular flexibility index (Phi) is 7.62. The number of sulfonamides is 1. The smallest absolute Gasteiger partial charge is 0.319 e. The molecular formula is C26H31N5O4S. The third kappa shape index (κ3) is 5.69. The highest BCUT2D eigenvalue weighted by Gasteiger charge is 2.35. The molecule has 10 heteroatoms. The molecule has 2 saturated heterocycles. The summed E-state index contributed by atoms with van der Waals surface area (Å²) >= 11 is 0. The van der Waals surface area contributed by atoms with Crippen molar-refractivity contribution in [1.29, 1.82) is 5.26 Å². The number of likely N-dealkylation sites (tertiary alicyclic amines) is 1. The van der Waals surface area contributed by atoms with E-state index < -0.39 is 16.1 Å². The number of nitrogens with zero attached hydrogens (tertiary/aromatic N) is 3. The molecule has 0 bridgehead atoms. The lowest BCUT2D eigenvalue weighted by molar-refractivity contribution is 0.0713. The van der Waals surface area contributed by atoms with Crippen molar-refractivity contribution < 1.29 is 18.0 Å². The first-order valence-electron chi connectivity index (χ1n) is 12.2. The number of urea groups is 1. The number of hydrogen-bond acceptors (Lipinski definition) is 5. The highest BCUT2D eigenvalue weighted by molar-refractivity contribution is 7.89. The maximum Gasteiger partial charge on any atom is 0.319 e. The van der Waals surface area contributed by atoms with Crippen molar-refractivity contribution in [3.8, 4) is 6.07 Å². The maximum absolute atomic E-state index is 13.2. The first-order chi connectivity index (χ1) is 17.2. The number of anilines is 1. The van der Waals surface area contributed by atoms with Gasteiger partial charge in [-0.1, -0.05) is 18.2 Å². The molecule has 0 aliphatic carbocycles. The van der Waals surface area contributed by atoms with E-state index in [0.717, 1.165) is 18.4 Å². The summed E-state index contributed by atoms with van der Waals surface area (Å²) in [6, 6.07) is 14.4. The molecule has 2 aromatic carbocycles. The summed E-state index contributed by atoms with van der Waals surface area (Å²) in [6.07, 6.45) is 1.70. The second kappa shape index (κ2) is 10.7. The van der Waals surface area contributed by atoms with Crippen LogP contribution in [0.4, 0.5) is 10.5 Å². The van der Waals surface area contributed by atoms with Crippen LogP contribution in [0.3, 0.4) is 0 Å². The van der Waals surface area contributed by atoms with Gasteiger partial charge in [-0.2, -0.15) is 9.57 Å². The topological polar surface area (TPSA) is 123 Å². The molecule has 9 nitrogen and oxygen atoms in total. The third-order valence-corrected chi connectivity index (χ3v) is 8.78. The molecule has 2 aliphatic rings. The highest BCUT2D eigenvalue weighted by Crippen LogP contribution is 2.29. The minimum absolute atomic E-state index is 0.0407. The molecule has 0 spiro atoms. The third-order valence-electron chi connectivity index (χ3n) is 6.97. The van der Waals surface area contributed by atoms with Gasteiger partial charge in [-0.05, 0) is 68.0 Å². The Morgan fingerprint density at radius 3 is 2.36 bits per heavy atom. The molecule has 36 heavy (non-hydrogen) atoms. The van der Waals surface area contributed by atoms with Gasteiger partial charge in [-0.25, -0.2) is 13.2 Å². The van der Waals surface area contributed by atoms with Crippen LogP contribution in [0.25, 0.3) is 0 Å². The van der Waals surface area contributed by atoms with E-state index in [4.69, 9.17) is 5.26 Å². The second-order valence-corrected chi connectivity index (χ2v) is 11.6. The van der Waals surface area contributed by atoms with E-state index >= 15 is 0 Å². The zero-order valence-electron chi connectivity index (χ0n) is 20.5. The summed E-state index contributed by atoms with van der Waals surface area (Å²) in [7, 11) is -3.24. The lowest BCUT2D eigenvalue weighted by Crippen LogP contribution is -2.61. The van der Waals surface area contributed by atoms with Crippen LogP contribution in [0.15, 0.2) is 42.5 Å². The molecular weight excluding hydrogens is 478 g/mol. The van der Waals surface area contributed by atoms with Crippen LogP contribution < -0.4 is 10.6 Å². The number of hydrogen-bond donors (Lipinski definition) is 2. The van der Waals surface area contributed by atoms with Crippen LogP contribution in [0.2, 0.25) is 0 Å². The van der Waals surface area contributed by atoms with Gasteiger partial charge in [0.1, 0.15) is 0 Å². The van der Waals surface area contributed by atoms with Crippen LogP contribution >= 0.6 is 0 Å². The maximum atomic E-state index is 13.2. The first kappa shape index (κ1) is 25.7. The number of nitriles is 1. The number of carbonyl (C=O) groups excluding carboxylic acids is 2. The van der Waals surface area contributed by atoms with Crippen LogP contribution in [0.5, 0.6) is 0 Å². The van der Waals surface area contributed by atoms with E-state index in [2.05, 4.69) is 16.7 Å². The second-order valence-electron chi connectivity index (χ2n) is 9.34. The summed E-state index contributed by atoms with van der Waals surface area (Å²) in [5.41, 5.74) is 3.71. The van der Waals surface area contributed by atoms with Gasteiger partial charge < -0.3 is 15.5 Å². The summed E-state index contributed by atoms with van der Waals surface area (Å²) in [4.78, 5) is 27.5. The van der Waals surface area contributed by atoms with Gasteiger partial charge in [0.05, 0.1) is 23.4 Å². The van der Waals surface area contributed by atoms with Gasteiger partial charge in [0.25, 0.3) is 5.91 Å². The lowest BCUT2D eigenvalue weighted by atomic mass is 9.89. The molecule has 2 N–H and O–H groups in total. The summed E-state index contributed by atoms with van der Waals surface area (Å²) in [6.45, 7) is 5.25. The van der Waals surface area contributed by atoms with Crippen LogP contribution in [0.1, 0.15) is 52.7 Å². The molecule has 0 saturated carbocycles. The van der Waals surface area contributed by atoms with E-state index in [1.165, 1.54) is 9.87 Å². The Hall–Kier alpha value is -3.42. The zero-order valence-corrected chi connectivity index (χ0v) is 21.3. The number of rotatable bonds is 6. The predicted octanol–water partition coefficient (Wildman–Crippen LogP) is 3.04. The quantitative estimate of drug-likeness (QED) is 0.620. The van der Waals surface area contributed by atoms with E-state index in [-0.39, 0.29) is 30.8 Å². The van der Waals surface area contributed by atoms with Gasteiger partial charge in [-0.15, -0.1) is 0 Å². The molecule has 0 atom stereocenters. The van der Waals surface area contributed by atoms with E-state index in [9.17, 15) is 18.0 Å². The van der Waals surface area contributed by atoms with Gasteiger partial charge in [0, 0.05) is 37.4 Å². The van der Waals surface area contributed by atoms with Crippen LogP contribution in [0, 0.1) is 18.3 Å². The Morgan fingerprint density at radius 1 is 1.08 bits per heavy atom. The monoisotopic (exact) mass is 509 g/mol. The van der Waals surface area contributed by atoms with E-state index in [1.807, 2.05) is 42.2 Å². The minimum atomic E-state index is -3.24. The van der Waals surface area contributed by atoms with E-state index in [1.54, 1.807) is 19.1 Å². The van der Waals surface area contributed by atoms with Crippen molar-refractivity contribution in [3.63, 3.8) is 0 Å². The predicted molar refractivity (Wildman–Crippen MR) is 137 cm³/mol. The first-order valence-corrected chi connectivity index (χ1v) is 13.8. The number of benzene rings is 2. The zero-order chi connectivity index (χ0) is 25.9. The van der Waals surface area contributed by atoms with Crippen molar-refractivity contribution >= 4 is 27.6 Å². The lowest BCUT2D eigenvalue weighted by Gasteiger charge is -2.38. The fourth-order valence-corrected chi connectivity index (χ4v) is 5.78. The number of nitrogens with one attached hydrogen (secondary N) is 2. The molecule has 2 aromatic rings. The average Bonchev–Trinajstić information content (AvgIpc) is 2.87. The van der Waals surface area contributed by atoms with Crippen molar-refractivity contribution in [2.24, 2.45) is 0 Å². The molecule has 190 valence electrons. The van der Waals surface area contributed by atoms with Gasteiger partial charge >= 0.3 is 6.03 Å². The Bertz CT molecular complexity index is 1270. The molecule has 2 aliphatic heterocycles. The molecule has 0 radical (unpaired) electrons. The van der Waals surface area contributed by atoms with Crippen molar-refractivity contribution in [2.45, 2.75) is 38.6 Å². The Morgan fingerprint density at radius 2 is 1.75 bits per heavy atom. The van der Waals surface area contributed by atoms with Gasteiger partial charge in [-0.3, -0.25) is 4.79 Å². The molecule has 2 fully saturated rings. The molecule has 0 unspecified atom stereocenters. The van der Waals surface area contributed by atoms with Crippen LogP contribution in [-0.4, -0.2) is 67.5 Å². The number of piperidine rings is 1. The standard InChI is InChI=1S/C26H31N5O4S/c1-3-36(34,35)31-16-23(17-31)28-26(33)29-24-14-22(7-4-18(24)2)25(32)30-12-10-21(11-13-30)20-8-5-19(15-27)6-9-20/h4-9,14,21,23H,3,10-13,16-17H2,1-2H3,(H2,28,29,33). The Balaban J connectivity index is 1.32. The highest BCUT2D eigenvalue weighted by atomic mass is 32.2. The summed E-state index contributed by atoms with van der Waals surface area (Å²) < 4.78 is 25.0. The molecule has 3 amide bonds. The summed E-state index contributed by atoms with van der Waals surface area (Å²) in [5.74, 6) is 0.325. The summed E-state index contributed by atoms with van der Waals surface area (Å²) in [5, 5.41) is 14.6. The largest absolute Gasteiger partial charge is 0.339 e. The molecule has 0 aromatic heterocycles. The van der Waals surface area contributed by atoms with Crippen molar-refractivity contribution in [1.82, 2.24) is 14.5 Å². The Labute approximate surface area is 212 Å². The fourth-order valence-electron chi connectivity index (χ4n) is 4.60. The van der Waals surface area contributed by atoms with Gasteiger partial charge in [0.2, 0.25) is 10.0 Å².